The van der Waals surface area contributed by atoms with Crippen LogP contribution in [-0.2, 0) is 19.5 Å². The van der Waals surface area contributed by atoms with E-state index in [2.05, 4.69) is 5.32 Å². The van der Waals surface area contributed by atoms with Gasteiger partial charge < -0.3 is 5.32 Å². The number of Topliss-reactive ketones (excluding diaryl/α,β-unsaturated/α-hetero) is 1. The maximum Gasteiger partial charge on any atom is 0.167 e. The summed E-state index contributed by atoms with van der Waals surface area (Å²) in [7, 11) is 0. The Labute approximate surface area is 117 Å². The number of nitrogens with one attached hydrogen (secondary N) is 1. The molecule has 0 bridgehead atoms. The first-order valence-electron chi connectivity index (χ1n) is 6.74. The molecule has 1 heterocycles. The lowest BCUT2D eigenvalue weighted by atomic mass is 9.97. The third kappa shape index (κ3) is 2.49. The van der Waals surface area contributed by atoms with Crippen LogP contribution in [-0.4, -0.2) is 5.78 Å². The van der Waals surface area contributed by atoms with Gasteiger partial charge in [0.05, 0.1) is 0 Å². The number of hydrogen-bond donors (Lipinski definition) is 1. The standard InChI is InChI=1S/C17H16FNO/c1-11-2-5-16(18)7-14(11)8-17(20)12-3-4-13-9-19-10-15(13)6-12/h2-7,19H,8-10H2,1H3. The minimum absolute atomic E-state index is 0.0356. The number of fused-ring (bicyclic) bond motifs is 1. The molecule has 0 aromatic heterocycles. The summed E-state index contributed by atoms with van der Waals surface area (Å²) in [6, 6.07) is 10.4. The number of rotatable bonds is 3. The van der Waals surface area contributed by atoms with Crippen LogP contribution in [0.25, 0.3) is 0 Å². The van der Waals surface area contributed by atoms with Crippen molar-refractivity contribution in [3.05, 3.63) is 70.0 Å². The first kappa shape index (κ1) is 13.0. The summed E-state index contributed by atoms with van der Waals surface area (Å²) in [5.41, 5.74) is 4.85. The molecule has 0 radical (unpaired) electrons. The van der Waals surface area contributed by atoms with Crippen LogP contribution in [0, 0.1) is 12.7 Å². The van der Waals surface area contributed by atoms with Crippen molar-refractivity contribution in [3.8, 4) is 0 Å². The lowest BCUT2D eigenvalue weighted by Gasteiger charge is -2.07. The molecule has 2 aromatic rings. The van der Waals surface area contributed by atoms with E-state index >= 15 is 0 Å². The quantitative estimate of drug-likeness (QED) is 0.867. The van der Waals surface area contributed by atoms with Gasteiger partial charge in [-0.1, -0.05) is 18.2 Å². The van der Waals surface area contributed by atoms with E-state index in [4.69, 9.17) is 0 Å². The Kier molecular flexibility index (Phi) is 3.36. The van der Waals surface area contributed by atoms with Gasteiger partial charge in [0.15, 0.2) is 5.78 Å². The predicted molar refractivity (Wildman–Crippen MR) is 76.2 cm³/mol. The lowest BCUT2D eigenvalue weighted by Crippen LogP contribution is -2.06. The Morgan fingerprint density at radius 3 is 2.80 bits per heavy atom. The van der Waals surface area contributed by atoms with Crippen molar-refractivity contribution in [3.63, 3.8) is 0 Å². The molecular formula is C17H16FNO. The Morgan fingerprint density at radius 2 is 1.95 bits per heavy atom. The second kappa shape index (κ2) is 5.17. The van der Waals surface area contributed by atoms with E-state index in [1.807, 2.05) is 25.1 Å². The van der Waals surface area contributed by atoms with Crippen molar-refractivity contribution < 1.29 is 9.18 Å². The average molecular weight is 269 g/mol. The van der Waals surface area contributed by atoms with Crippen LogP contribution in [0.5, 0.6) is 0 Å². The van der Waals surface area contributed by atoms with Gasteiger partial charge in [0.1, 0.15) is 5.82 Å². The summed E-state index contributed by atoms with van der Waals surface area (Å²) < 4.78 is 13.3. The third-order valence-corrected chi connectivity index (χ3v) is 3.82. The Hall–Kier alpha value is -2.00. The molecular weight excluding hydrogens is 253 g/mol. The largest absolute Gasteiger partial charge is 0.309 e. The molecule has 102 valence electrons. The first-order chi connectivity index (χ1) is 9.63. The van der Waals surface area contributed by atoms with Crippen molar-refractivity contribution in [1.82, 2.24) is 5.32 Å². The molecule has 1 aliphatic heterocycles. The minimum atomic E-state index is -0.295. The highest BCUT2D eigenvalue weighted by Gasteiger charge is 2.14. The number of carbonyl (C=O) groups excluding carboxylic acids is 1. The number of ketones is 1. The molecule has 0 saturated carbocycles. The van der Waals surface area contributed by atoms with Crippen LogP contribution >= 0.6 is 0 Å². The SMILES string of the molecule is Cc1ccc(F)cc1CC(=O)c1ccc2c(c1)CNC2. The van der Waals surface area contributed by atoms with Crippen molar-refractivity contribution >= 4 is 5.78 Å². The van der Waals surface area contributed by atoms with Gasteiger partial charge in [-0.15, -0.1) is 0 Å². The molecule has 2 nitrogen and oxygen atoms in total. The molecule has 0 spiro atoms. The van der Waals surface area contributed by atoms with Crippen molar-refractivity contribution in [2.45, 2.75) is 26.4 Å². The fourth-order valence-corrected chi connectivity index (χ4v) is 2.57. The number of benzene rings is 2. The van der Waals surface area contributed by atoms with Crippen LogP contribution in [0.1, 0.15) is 32.6 Å². The molecule has 0 fully saturated rings. The Bertz CT molecular complexity index is 679. The summed E-state index contributed by atoms with van der Waals surface area (Å²) in [5.74, 6) is -0.259. The van der Waals surface area contributed by atoms with E-state index in [0.717, 1.165) is 24.2 Å². The maximum atomic E-state index is 13.3. The number of aryl methyl sites for hydroxylation is 1. The van der Waals surface area contributed by atoms with E-state index in [1.165, 1.54) is 23.3 Å². The van der Waals surface area contributed by atoms with Crippen molar-refractivity contribution in [1.29, 1.82) is 0 Å². The van der Waals surface area contributed by atoms with Gasteiger partial charge in [0.25, 0.3) is 0 Å². The summed E-state index contributed by atoms with van der Waals surface area (Å²) in [5, 5.41) is 3.26. The van der Waals surface area contributed by atoms with Gasteiger partial charge in [0.2, 0.25) is 0 Å². The van der Waals surface area contributed by atoms with Crippen LogP contribution in [0.15, 0.2) is 36.4 Å². The molecule has 20 heavy (non-hydrogen) atoms. The van der Waals surface area contributed by atoms with Crippen LogP contribution < -0.4 is 5.32 Å². The van der Waals surface area contributed by atoms with E-state index < -0.39 is 0 Å². The number of hydrogen-bond acceptors (Lipinski definition) is 2. The Morgan fingerprint density at radius 1 is 1.15 bits per heavy atom. The molecule has 0 unspecified atom stereocenters. The molecule has 0 amide bonds. The molecule has 3 rings (SSSR count). The summed E-state index contributed by atoms with van der Waals surface area (Å²) in [6.07, 6.45) is 0.246. The smallest absolute Gasteiger partial charge is 0.167 e. The highest BCUT2D eigenvalue weighted by Crippen LogP contribution is 2.19. The third-order valence-electron chi connectivity index (χ3n) is 3.82. The van der Waals surface area contributed by atoms with E-state index in [1.54, 1.807) is 6.07 Å². The van der Waals surface area contributed by atoms with Gasteiger partial charge in [-0.3, -0.25) is 4.79 Å². The normalized spacial score (nSPS) is 13.3. The van der Waals surface area contributed by atoms with E-state index in [-0.39, 0.29) is 18.0 Å². The number of halogens is 1. The van der Waals surface area contributed by atoms with Crippen LogP contribution in [0.3, 0.4) is 0 Å². The van der Waals surface area contributed by atoms with Gasteiger partial charge in [0, 0.05) is 25.1 Å². The number of carbonyl (C=O) groups is 1. The second-order valence-corrected chi connectivity index (χ2v) is 5.26. The summed E-state index contributed by atoms with van der Waals surface area (Å²) in [6.45, 7) is 3.58. The van der Waals surface area contributed by atoms with E-state index in [9.17, 15) is 9.18 Å². The highest BCUT2D eigenvalue weighted by molar-refractivity contribution is 5.97. The fourth-order valence-electron chi connectivity index (χ4n) is 2.57. The molecule has 0 atom stereocenters. The van der Waals surface area contributed by atoms with Crippen molar-refractivity contribution in [2.75, 3.05) is 0 Å². The highest BCUT2D eigenvalue weighted by atomic mass is 19.1. The van der Waals surface area contributed by atoms with Gasteiger partial charge in [-0.2, -0.15) is 0 Å². The second-order valence-electron chi connectivity index (χ2n) is 5.26. The zero-order valence-corrected chi connectivity index (χ0v) is 11.4. The van der Waals surface area contributed by atoms with E-state index in [0.29, 0.717) is 5.56 Å². The lowest BCUT2D eigenvalue weighted by molar-refractivity contribution is 0.0992. The first-order valence-corrected chi connectivity index (χ1v) is 6.74. The van der Waals surface area contributed by atoms with Crippen molar-refractivity contribution in [2.24, 2.45) is 0 Å². The topological polar surface area (TPSA) is 29.1 Å². The molecule has 0 saturated heterocycles. The minimum Gasteiger partial charge on any atom is -0.309 e. The summed E-state index contributed by atoms with van der Waals surface area (Å²) >= 11 is 0. The average Bonchev–Trinajstić information content (AvgIpc) is 2.90. The molecule has 0 aliphatic carbocycles. The van der Waals surface area contributed by atoms with Crippen LogP contribution in [0.4, 0.5) is 4.39 Å². The fraction of sp³-hybridized carbons (Fsp3) is 0.235. The summed E-state index contributed by atoms with van der Waals surface area (Å²) in [4.78, 5) is 12.3. The maximum absolute atomic E-state index is 13.3. The predicted octanol–water partition coefficient (Wildman–Crippen LogP) is 3.16. The molecule has 1 N–H and O–H groups in total. The van der Waals surface area contributed by atoms with Gasteiger partial charge in [-0.25, -0.2) is 4.39 Å². The molecule has 1 aliphatic rings. The van der Waals surface area contributed by atoms with Crippen LogP contribution in [0.2, 0.25) is 0 Å². The zero-order valence-electron chi connectivity index (χ0n) is 11.4. The molecule has 2 aromatic carbocycles. The Balaban J connectivity index is 1.84. The molecule has 3 heteroatoms. The zero-order chi connectivity index (χ0) is 14.1. The van der Waals surface area contributed by atoms with Gasteiger partial charge in [-0.05, 0) is 47.4 Å². The van der Waals surface area contributed by atoms with Gasteiger partial charge >= 0.3 is 0 Å². The monoisotopic (exact) mass is 269 g/mol.